The third-order valence-corrected chi connectivity index (χ3v) is 7.09. The van der Waals surface area contributed by atoms with Gasteiger partial charge in [0, 0.05) is 26.9 Å². The van der Waals surface area contributed by atoms with Crippen LogP contribution in [0.5, 0.6) is 0 Å². The molecule has 11 nitrogen and oxygen atoms in total. The molecule has 0 aliphatic rings. The zero-order valence-corrected chi connectivity index (χ0v) is 30.4. The van der Waals surface area contributed by atoms with Gasteiger partial charge in [-0.15, -0.1) is 0 Å². The fraction of sp³-hybridized carbons (Fsp3) is 0.629. The van der Waals surface area contributed by atoms with E-state index in [0.29, 0.717) is 0 Å². The molecule has 2 amide bonds. The lowest BCUT2D eigenvalue weighted by atomic mass is 9.99. The highest BCUT2D eigenvalue weighted by atomic mass is 19.4. The number of amides is 2. The average molecular weight is 719 g/mol. The fourth-order valence-corrected chi connectivity index (χ4v) is 4.54. The van der Waals surface area contributed by atoms with Gasteiger partial charge in [-0.1, -0.05) is 38.6 Å². The third-order valence-electron chi connectivity index (χ3n) is 7.09. The lowest BCUT2D eigenvalue weighted by Gasteiger charge is -2.34. The van der Waals surface area contributed by atoms with Crippen molar-refractivity contribution in [2.24, 2.45) is 5.92 Å². The second-order valence-corrected chi connectivity index (χ2v) is 13.9. The largest absolute Gasteiger partial charge is 0.459 e. The Hall–Kier alpha value is -4.17. The van der Waals surface area contributed by atoms with E-state index in [0.717, 1.165) is 34.1 Å². The van der Waals surface area contributed by atoms with Crippen LogP contribution in [0.25, 0.3) is 0 Å². The van der Waals surface area contributed by atoms with Crippen LogP contribution in [-0.4, -0.2) is 96.0 Å². The number of hydrogen-bond acceptors (Lipinski definition) is 9. The third kappa shape index (κ3) is 14.8. The van der Waals surface area contributed by atoms with Crippen molar-refractivity contribution < 1.29 is 60.5 Å². The van der Waals surface area contributed by atoms with Gasteiger partial charge in [-0.05, 0) is 71.6 Å². The second-order valence-electron chi connectivity index (χ2n) is 13.9. The smallest absolute Gasteiger partial charge is 0.416 e. The number of benzene rings is 1. The number of esters is 3. The summed E-state index contributed by atoms with van der Waals surface area (Å²) < 4.78 is 75.9. The number of halogens is 4. The van der Waals surface area contributed by atoms with Crippen molar-refractivity contribution in [1.29, 1.82) is 0 Å². The second kappa shape index (κ2) is 18.2. The zero-order valence-electron chi connectivity index (χ0n) is 30.4. The van der Waals surface area contributed by atoms with Crippen molar-refractivity contribution in [2.45, 2.75) is 116 Å². The maximum atomic E-state index is 15.0. The minimum atomic E-state index is -4.64. The number of rotatable bonds is 16. The van der Waals surface area contributed by atoms with E-state index in [4.69, 9.17) is 18.9 Å². The summed E-state index contributed by atoms with van der Waals surface area (Å²) in [7, 11) is 2.43. The highest BCUT2D eigenvalue weighted by Gasteiger charge is 2.41. The van der Waals surface area contributed by atoms with E-state index in [2.05, 4.69) is 6.58 Å². The van der Waals surface area contributed by atoms with E-state index in [1.165, 1.54) is 40.9 Å². The zero-order chi connectivity index (χ0) is 38.8. The first kappa shape index (κ1) is 43.9. The molecule has 0 radical (unpaired) electrons. The van der Waals surface area contributed by atoms with Gasteiger partial charge in [0.2, 0.25) is 0 Å². The van der Waals surface area contributed by atoms with Crippen LogP contribution in [0.1, 0.15) is 79.4 Å². The van der Waals surface area contributed by atoms with Crippen LogP contribution in [0.15, 0.2) is 36.9 Å². The predicted octanol–water partition coefficient (Wildman–Crippen LogP) is 6.07. The van der Waals surface area contributed by atoms with Gasteiger partial charge in [0.1, 0.15) is 30.0 Å². The minimum Gasteiger partial charge on any atom is -0.459 e. The van der Waals surface area contributed by atoms with Crippen LogP contribution in [0, 0.1) is 5.92 Å². The van der Waals surface area contributed by atoms with E-state index in [-0.39, 0.29) is 24.5 Å². The van der Waals surface area contributed by atoms with Crippen molar-refractivity contribution in [2.75, 3.05) is 20.7 Å². The van der Waals surface area contributed by atoms with Gasteiger partial charge < -0.3 is 23.8 Å². The van der Waals surface area contributed by atoms with Crippen LogP contribution in [0.2, 0.25) is 0 Å². The Morgan fingerprint density at radius 2 is 1.36 bits per heavy atom. The van der Waals surface area contributed by atoms with Crippen LogP contribution < -0.4 is 0 Å². The summed E-state index contributed by atoms with van der Waals surface area (Å²) in [6.45, 7) is 15.2. The van der Waals surface area contributed by atoms with E-state index in [1.807, 2.05) is 0 Å². The Morgan fingerprint density at radius 3 is 1.82 bits per heavy atom. The SMILES string of the molecule is C=CCOC(=O)[C@@H](C)OC(=O)[C@H](CC(C)C)N(C)C(=O)[C@@H](Cc1ccc(C(F)(F)F)cc1)OC(=O)[C@H](CC(C)(C)F)N(C)C(=O)OC(C)(C)C. The van der Waals surface area contributed by atoms with E-state index in [9.17, 15) is 41.5 Å². The molecule has 15 heteroatoms. The molecular weight excluding hydrogens is 668 g/mol. The molecule has 1 rings (SSSR count). The molecule has 0 unspecified atom stereocenters. The average Bonchev–Trinajstić information content (AvgIpc) is 2.98. The molecule has 50 heavy (non-hydrogen) atoms. The van der Waals surface area contributed by atoms with Crippen LogP contribution in [-0.2, 0) is 50.7 Å². The van der Waals surface area contributed by atoms with Gasteiger partial charge in [0.15, 0.2) is 12.2 Å². The highest BCUT2D eigenvalue weighted by Crippen LogP contribution is 2.30. The number of likely N-dealkylation sites (N-methyl/N-ethyl adjacent to an activating group) is 2. The highest BCUT2D eigenvalue weighted by molar-refractivity contribution is 5.90. The molecule has 1 aromatic carbocycles. The summed E-state index contributed by atoms with van der Waals surface area (Å²) in [5, 5.41) is 0. The van der Waals surface area contributed by atoms with E-state index < -0.39 is 90.1 Å². The molecule has 0 aromatic heterocycles. The first-order valence-corrected chi connectivity index (χ1v) is 16.0. The number of nitrogens with zero attached hydrogens (tertiary/aromatic N) is 2. The topological polar surface area (TPSA) is 129 Å². The van der Waals surface area contributed by atoms with Crippen molar-refractivity contribution in [1.82, 2.24) is 9.80 Å². The monoisotopic (exact) mass is 718 g/mol. The van der Waals surface area contributed by atoms with Crippen LogP contribution in [0.4, 0.5) is 22.4 Å². The summed E-state index contributed by atoms with van der Waals surface area (Å²) in [6.07, 6.45) is -8.40. The molecule has 0 bridgehead atoms. The summed E-state index contributed by atoms with van der Waals surface area (Å²) >= 11 is 0. The standard InChI is InChI=1S/C35H50F4N2O9/c1-12-17-47-29(43)22(4)48-30(44)25(18-21(2)3)40(10)28(42)27(19-23-13-15-24(16-14-23)35(37,38)39)49-31(45)26(20-34(8,9)36)41(11)32(46)50-33(5,6)7/h12-16,21-22,25-27H,1,17-20H2,2-11H3/t22-,25+,26+,27-/m1/s1. The molecule has 0 fully saturated rings. The molecular formula is C35H50F4N2O9. The molecule has 0 saturated carbocycles. The summed E-state index contributed by atoms with van der Waals surface area (Å²) in [5.74, 6) is -4.19. The van der Waals surface area contributed by atoms with Crippen LogP contribution >= 0.6 is 0 Å². The van der Waals surface area contributed by atoms with Crippen molar-refractivity contribution in [3.05, 3.63) is 48.0 Å². The molecule has 4 atom stereocenters. The maximum Gasteiger partial charge on any atom is 0.416 e. The van der Waals surface area contributed by atoms with Gasteiger partial charge in [-0.3, -0.25) is 9.69 Å². The van der Waals surface area contributed by atoms with Crippen molar-refractivity contribution >= 4 is 29.9 Å². The summed E-state index contributed by atoms with van der Waals surface area (Å²) in [5.41, 5.74) is -3.79. The molecule has 0 N–H and O–H groups in total. The van der Waals surface area contributed by atoms with E-state index >= 15 is 0 Å². The number of hydrogen-bond donors (Lipinski definition) is 0. The van der Waals surface area contributed by atoms with Crippen molar-refractivity contribution in [3.8, 4) is 0 Å². The summed E-state index contributed by atoms with van der Waals surface area (Å²) in [4.78, 5) is 68.1. The lowest BCUT2D eigenvalue weighted by molar-refractivity contribution is -0.173. The first-order chi connectivity index (χ1) is 22.8. The minimum absolute atomic E-state index is 0.0382. The van der Waals surface area contributed by atoms with Gasteiger partial charge in [0.05, 0.1) is 5.56 Å². The quantitative estimate of drug-likeness (QED) is 0.0866. The van der Waals surface area contributed by atoms with E-state index in [1.54, 1.807) is 34.6 Å². The van der Waals surface area contributed by atoms with Gasteiger partial charge in [-0.25, -0.2) is 23.6 Å². The summed E-state index contributed by atoms with van der Waals surface area (Å²) in [6, 6.07) is 0.871. The molecule has 0 aliphatic carbocycles. The van der Waals surface area contributed by atoms with Gasteiger partial charge in [0.25, 0.3) is 5.91 Å². The van der Waals surface area contributed by atoms with Gasteiger partial charge >= 0.3 is 30.2 Å². The number of carbonyl (C=O) groups is 5. The molecule has 0 aliphatic heterocycles. The Balaban J connectivity index is 3.58. The first-order valence-electron chi connectivity index (χ1n) is 16.0. The molecule has 0 heterocycles. The molecule has 0 spiro atoms. The fourth-order valence-electron chi connectivity index (χ4n) is 4.54. The predicted molar refractivity (Wildman–Crippen MR) is 175 cm³/mol. The van der Waals surface area contributed by atoms with Crippen LogP contribution in [0.3, 0.4) is 0 Å². The Morgan fingerprint density at radius 1 is 0.820 bits per heavy atom. The molecule has 0 saturated heterocycles. The normalized spacial score (nSPS) is 14.5. The maximum absolute atomic E-state index is 15.0. The number of carbonyl (C=O) groups excluding carboxylic acids is 5. The van der Waals surface area contributed by atoms with Gasteiger partial charge in [-0.2, -0.15) is 13.2 Å². The number of ether oxygens (including phenoxy) is 4. The Kier molecular flexibility index (Phi) is 15.9. The molecule has 1 aromatic rings. The molecule has 282 valence electrons. The van der Waals surface area contributed by atoms with Crippen molar-refractivity contribution in [3.63, 3.8) is 0 Å². The number of alkyl halides is 4. The lowest BCUT2D eigenvalue weighted by Crippen LogP contribution is -2.52. The Bertz CT molecular complexity index is 1340. The Labute approximate surface area is 291 Å².